The lowest BCUT2D eigenvalue weighted by Gasteiger charge is -2.15. The van der Waals surface area contributed by atoms with E-state index in [-0.39, 0.29) is 10.8 Å². The van der Waals surface area contributed by atoms with Gasteiger partial charge in [-0.05, 0) is 61.3 Å². The Balaban J connectivity index is 1.59. The molecule has 1 N–H and O–H groups in total. The van der Waals surface area contributed by atoms with Gasteiger partial charge in [-0.1, -0.05) is 24.3 Å². The lowest BCUT2D eigenvalue weighted by molar-refractivity contribution is 0.0950. The van der Waals surface area contributed by atoms with E-state index in [0.29, 0.717) is 12.1 Å². The standard InChI is InChI=1S/C21H27N3O3S/c1-23(2)28(26,27)20-10-8-17(9-11-20)15-22-21(25)19-7-5-6-18(14-19)16-24-12-3-4-13-24/h5-11,14H,3-4,12-13,15-16H2,1-2H3,(H,22,25). The molecule has 0 unspecified atom stereocenters. The lowest BCUT2D eigenvalue weighted by Crippen LogP contribution is -2.24. The molecule has 1 heterocycles. The number of rotatable bonds is 7. The second-order valence-electron chi connectivity index (χ2n) is 7.30. The number of carbonyl (C=O) groups excluding carboxylic acids is 1. The fraction of sp³-hybridized carbons (Fsp3) is 0.381. The summed E-state index contributed by atoms with van der Waals surface area (Å²) in [6, 6.07) is 14.3. The number of carbonyl (C=O) groups is 1. The summed E-state index contributed by atoms with van der Waals surface area (Å²) in [5.74, 6) is -0.131. The van der Waals surface area contributed by atoms with Gasteiger partial charge in [0.15, 0.2) is 0 Å². The number of hydrogen-bond donors (Lipinski definition) is 1. The zero-order valence-corrected chi connectivity index (χ0v) is 17.2. The lowest BCUT2D eigenvalue weighted by atomic mass is 10.1. The molecule has 6 nitrogen and oxygen atoms in total. The Bertz CT molecular complexity index is 918. The molecule has 0 aromatic heterocycles. The Morgan fingerprint density at radius 3 is 2.36 bits per heavy atom. The third kappa shape index (κ3) is 4.98. The Hall–Kier alpha value is -2.22. The maximum Gasteiger partial charge on any atom is 0.251 e. The van der Waals surface area contributed by atoms with Gasteiger partial charge in [0, 0.05) is 32.7 Å². The molecule has 1 amide bonds. The molecule has 150 valence electrons. The van der Waals surface area contributed by atoms with Crippen LogP contribution in [0.1, 0.15) is 34.3 Å². The van der Waals surface area contributed by atoms with E-state index in [1.807, 2.05) is 18.2 Å². The van der Waals surface area contributed by atoms with Gasteiger partial charge in [-0.25, -0.2) is 12.7 Å². The maximum atomic E-state index is 12.5. The summed E-state index contributed by atoms with van der Waals surface area (Å²) in [5, 5.41) is 2.90. The highest BCUT2D eigenvalue weighted by molar-refractivity contribution is 7.89. The topological polar surface area (TPSA) is 69.7 Å². The van der Waals surface area contributed by atoms with Gasteiger partial charge in [0.1, 0.15) is 0 Å². The fourth-order valence-electron chi connectivity index (χ4n) is 3.28. The number of benzene rings is 2. The van der Waals surface area contributed by atoms with Gasteiger partial charge in [0.2, 0.25) is 10.0 Å². The van der Waals surface area contributed by atoms with Gasteiger partial charge in [-0.2, -0.15) is 0 Å². The van der Waals surface area contributed by atoms with Gasteiger partial charge >= 0.3 is 0 Å². The number of nitrogens with one attached hydrogen (secondary N) is 1. The molecule has 1 aliphatic rings. The summed E-state index contributed by atoms with van der Waals surface area (Å²) in [6.07, 6.45) is 2.49. The summed E-state index contributed by atoms with van der Waals surface area (Å²) in [5.41, 5.74) is 2.63. The molecule has 0 radical (unpaired) electrons. The number of likely N-dealkylation sites (tertiary alicyclic amines) is 1. The molecule has 7 heteroatoms. The van der Waals surface area contributed by atoms with E-state index in [2.05, 4.69) is 16.3 Å². The largest absolute Gasteiger partial charge is 0.348 e. The molecule has 1 fully saturated rings. The fourth-order valence-corrected chi connectivity index (χ4v) is 4.19. The molecule has 2 aromatic carbocycles. The van der Waals surface area contributed by atoms with Crippen LogP contribution in [0.5, 0.6) is 0 Å². The van der Waals surface area contributed by atoms with E-state index < -0.39 is 10.0 Å². The highest BCUT2D eigenvalue weighted by Gasteiger charge is 2.17. The molecule has 0 saturated carbocycles. The summed E-state index contributed by atoms with van der Waals surface area (Å²) in [7, 11) is -0.438. The Morgan fingerprint density at radius 2 is 1.71 bits per heavy atom. The van der Waals surface area contributed by atoms with Crippen LogP contribution in [0.4, 0.5) is 0 Å². The second kappa shape index (κ2) is 8.86. The van der Waals surface area contributed by atoms with E-state index in [0.717, 1.165) is 30.8 Å². The van der Waals surface area contributed by atoms with Gasteiger partial charge in [-0.15, -0.1) is 0 Å². The minimum absolute atomic E-state index is 0.131. The minimum Gasteiger partial charge on any atom is -0.348 e. The van der Waals surface area contributed by atoms with E-state index in [4.69, 9.17) is 0 Å². The first-order valence-corrected chi connectivity index (χ1v) is 10.9. The SMILES string of the molecule is CN(C)S(=O)(=O)c1ccc(CNC(=O)c2cccc(CN3CCCC3)c2)cc1. The summed E-state index contributed by atoms with van der Waals surface area (Å²) < 4.78 is 25.4. The monoisotopic (exact) mass is 401 g/mol. The van der Waals surface area contributed by atoms with Crippen LogP contribution in [0.25, 0.3) is 0 Å². The van der Waals surface area contributed by atoms with Crippen molar-refractivity contribution in [2.75, 3.05) is 27.2 Å². The van der Waals surface area contributed by atoms with Gasteiger partial charge in [0.05, 0.1) is 4.90 Å². The normalized spacial score (nSPS) is 15.1. The Morgan fingerprint density at radius 1 is 1.04 bits per heavy atom. The smallest absolute Gasteiger partial charge is 0.251 e. The molecule has 2 aromatic rings. The molecular formula is C21H27N3O3S. The second-order valence-corrected chi connectivity index (χ2v) is 9.45. The van der Waals surface area contributed by atoms with Crippen molar-refractivity contribution in [1.82, 2.24) is 14.5 Å². The number of amides is 1. The van der Waals surface area contributed by atoms with Crippen LogP contribution in [0, 0.1) is 0 Å². The van der Waals surface area contributed by atoms with E-state index in [1.165, 1.54) is 31.2 Å². The van der Waals surface area contributed by atoms with Crippen LogP contribution in [-0.4, -0.2) is 50.7 Å². The van der Waals surface area contributed by atoms with Crippen LogP contribution in [0.15, 0.2) is 53.4 Å². The van der Waals surface area contributed by atoms with Crippen LogP contribution >= 0.6 is 0 Å². The van der Waals surface area contributed by atoms with Gasteiger partial charge < -0.3 is 5.32 Å². The maximum absolute atomic E-state index is 12.5. The third-order valence-corrected chi connectivity index (χ3v) is 6.78. The van der Waals surface area contributed by atoms with E-state index >= 15 is 0 Å². The molecule has 28 heavy (non-hydrogen) atoms. The first-order chi connectivity index (χ1) is 13.4. The first kappa shape index (κ1) is 20.5. The van der Waals surface area contributed by atoms with Crippen molar-refractivity contribution in [2.45, 2.75) is 30.8 Å². The van der Waals surface area contributed by atoms with Crippen LogP contribution in [0.2, 0.25) is 0 Å². The molecule has 0 aliphatic carbocycles. The highest BCUT2D eigenvalue weighted by atomic mass is 32.2. The first-order valence-electron chi connectivity index (χ1n) is 9.47. The summed E-state index contributed by atoms with van der Waals surface area (Å²) >= 11 is 0. The average molecular weight is 402 g/mol. The number of nitrogens with zero attached hydrogens (tertiary/aromatic N) is 2. The molecule has 0 spiro atoms. The number of sulfonamides is 1. The summed E-state index contributed by atoms with van der Waals surface area (Å²) in [6.45, 7) is 3.46. The van der Waals surface area contributed by atoms with Gasteiger partial charge in [0.25, 0.3) is 5.91 Å². The molecule has 1 saturated heterocycles. The van der Waals surface area contributed by atoms with E-state index in [1.54, 1.807) is 24.3 Å². The zero-order valence-electron chi connectivity index (χ0n) is 16.4. The van der Waals surface area contributed by atoms with Crippen molar-refractivity contribution >= 4 is 15.9 Å². The molecule has 0 bridgehead atoms. The molecular weight excluding hydrogens is 374 g/mol. The average Bonchev–Trinajstić information content (AvgIpc) is 3.19. The van der Waals surface area contributed by atoms with Crippen molar-refractivity contribution in [3.05, 3.63) is 65.2 Å². The summed E-state index contributed by atoms with van der Waals surface area (Å²) in [4.78, 5) is 15.1. The Kier molecular flexibility index (Phi) is 6.49. The predicted molar refractivity (Wildman–Crippen MR) is 109 cm³/mol. The van der Waals surface area contributed by atoms with Crippen molar-refractivity contribution in [3.63, 3.8) is 0 Å². The van der Waals surface area contributed by atoms with Crippen molar-refractivity contribution in [1.29, 1.82) is 0 Å². The van der Waals surface area contributed by atoms with Crippen molar-refractivity contribution < 1.29 is 13.2 Å². The molecule has 1 aliphatic heterocycles. The minimum atomic E-state index is -3.44. The third-order valence-electron chi connectivity index (χ3n) is 4.95. The van der Waals surface area contributed by atoms with Gasteiger partial charge in [-0.3, -0.25) is 9.69 Å². The predicted octanol–water partition coefficient (Wildman–Crippen LogP) is 2.46. The zero-order chi connectivity index (χ0) is 20.1. The Labute approximate surface area is 167 Å². The van der Waals surface area contributed by atoms with E-state index in [9.17, 15) is 13.2 Å². The van der Waals surface area contributed by atoms with Crippen LogP contribution in [0.3, 0.4) is 0 Å². The van der Waals surface area contributed by atoms with Crippen LogP contribution < -0.4 is 5.32 Å². The van der Waals surface area contributed by atoms with Crippen molar-refractivity contribution in [2.24, 2.45) is 0 Å². The molecule has 0 atom stereocenters. The highest BCUT2D eigenvalue weighted by Crippen LogP contribution is 2.15. The quantitative estimate of drug-likeness (QED) is 0.774. The van der Waals surface area contributed by atoms with Crippen molar-refractivity contribution in [3.8, 4) is 0 Å². The van der Waals surface area contributed by atoms with Crippen LogP contribution in [-0.2, 0) is 23.1 Å². The molecule has 3 rings (SSSR count). The number of hydrogen-bond acceptors (Lipinski definition) is 4.